The Hall–Kier alpha value is -0.800. The lowest BCUT2D eigenvalue weighted by atomic mass is 10.1. The molecule has 0 radical (unpaired) electrons. The van der Waals surface area contributed by atoms with Gasteiger partial charge in [0, 0.05) is 12.7 Å². The lowest BCUT2D eigenvalue weighted by Crippen LogP contribution is -1.96. The maximum Gasteiger partial charge on any atom is 0.145 e. The minimum absolute atomic E-state index is 0.0822. The predicted octanol–water partition coefficient (Wildman–Crippen LogP) is 2.41. The second-order valence-corrected chi connectivity index (χ2v) is 3.31. The van der Waals surface area contributed by atoms with Gasteiger partial charge in [-0.1, -0.05) is 11.6 Å². The molecule has 0 amide bonds. The van der Waals surface area contributed by atoms with Gasteiger partial charge in [-0.3, -0.25) is 0 Å². The predicted molar refractivity (Wildman–Crippen MR) is 53.4 cm³/mol. The molecule has 0 atom stereocenters. The first-order valence-corrected chi connectivity index (χ1v) is 4.69. The summed E-state index contributed by atoms with van der Waals surface area (Å²) in [6, 6.07) is 2.79. The Labute approximate surface area is 87.3 Å². The van der Waals surface area contributed by atoms with Gasteiger partial charge < -0.3 is 9.84 Å². The third kappa shape index (κ3) is 2.59. The van der Waals surface area contributed by atoms with Gasteiger partial charge in [-0.05, 0) is 24.5 Å². The summed E-state index contributed by atoms with van der Waals surface area (Å²) in [5.74, 6) is -0.0170. The van der Waals surface area contributed by atoms with E-state index in [1.165, 1.54) is 19.2 Å². The first-order valence-electron chi connectivity index (χ1n) is 4.31. The molecule has 14 heavy (non-hydrogen) atoms. The highest BCUT2D eigenvalue weighted by molar-refractivity contribution is 6.30. The molecular weight excluding hydrogens is 207 g/mol. The van der Waals surface area contributed by atoms with Crippen molar-refractivity contribution in [3.8, 4) is 5.75 Å². The Kier molecular flexibility index (Phi) is 4.17. The highest BCUT2D eigenvalue weighted by Crippen LogP contribution is 2.26. The van der Waals surface area contributed by atoms with Gasteiger partial charge in [-0.15, -0.1) is 0 Å². The van der Waals surface area contributed by atoms with Crippen LogP contribution in [0, 0.1) is 5.82 Å². The van der Waals surface area contributed by atoms with E-state index in [1.54, 1.807) is 0 Å². The van der Waals surface area contributed by atoms with Gasteiger partial charge in [0.25, 0.3) is 0 Å². The topological polar surface area (TPSA) is 29.5 Å². The van der Waals surface area contributed by atoms with Crippen molar-refractivity contribution in [2.45, 2.75) is 12.8 Å². The summed E-state index contributed by atoms with van der Waals surface area (Å²) in [6.07, 6.45) is 1.23. The number of halogens is 2. The van der Waals surface area contributed by atoms with Crippen molar-refractivity contribution in [2.75, 3.05) is 13.7 Å². The smallest absolute Gasteiger partial charge is 0.145 e. The van der Waals surface area contributed by atoms with Crippen molar-refractivity contribution >= 4 is 11.6 Å². The molecule has 0 saturated heterocycles. The van der Waals surface area contributed by atoms with Crippen LogP contribution in [0.4, 0.5) is 4.39 Å². The normalized spacial score (nSPS) is 10.3. The third-order valence-corrected chi connectivity index (χ3v) is 2.22. The van der Waals surface area contributed by atoms with Crippen LogP contribution in [0.1, 0.15) is 12.0 Å². The zero-order valence-corrected chi connectivity index (χ0v) is 8.64. The second kappa shape index (κ2) is 5.17. The minimum atomic E-state index is -0.490. The van der Waals surface area contributed by atoms with Gasteiger partial charge >= 0.3 is 0 Å². The molecule has 0 aromatic heterocycles. The van der Waals surface area contributed by atoms with Gasteiger partial charge in [-0.2, -0.15) is 0 Å². The fraction of sp³-hybridized carbons (Fsp3) is 0.400. The summed E-state index contributed by atoms with van der Waals surface area (Å²) < 4.78 is 18.0. The van der Waals surface area contributed by atoms with Crippen molar-refractivity contribution < 1.29 is 14.2 Å². The van der Waals surface area contributed by atoms with Crippen molar-refractivity contribution in [3.63, 3.8) is 0 Å². The number of rotatable bonds is 4. The molecule has 0 aliphatic rings. The first kappa shape index (κ1) is 11.3. The fourth-order valence-electron chi connectivity index (χ4n) is 1.22. The molecule has 0 fully saturated rings. The molecule has 0 heterocycles. The minimum Gasteiger partial charge on any atom is -0.496 e. The fourth-order valence-corrected chi connectivity index (χ4v) is 1.41. The second-order valence-electron chi connectivity index (χ2n) is 2.91. The van der Waals surface area contributed by atoms with Crippen LogP contribution >= 0.6 is 11.6 Å². The standard InChI is InChI=1S/C10H12ClFO2/c1-14-10-6-9(12)8(11)5-7(10)3-2-4-13/h5-6,13H,2-4H2,1H3. The molecule has 0 aliphatic carbocycles. The highest BCUT2D eigenvalue weighted by Gasteiger charge is 2.08. The molecular formula is C10H12ClFO2. The average molecular weight is 219 g/mol. The Morgan fingerprint density at radius 2 is 2.21 bits per heavy atom. The van der Waals surface area contributed by atoms with E-state index in [4.69, 9.17) is 21.4 Å². The Bertz CT molecular complexity index is 315. The van der Waals surface area contributed by atoms with E-state index >= 15 is 0 Å². The Morgan fingerprint density at radius 1 is 1.50 bits per heavy atom. The number of methoxy groups -OCH3 is 1. The molecule has 0 saturated carbocycles. The van der Waals surface area contributed by atoms with Gasteiger partial charge in [0.05, 0.1) is 12.1 Å². The zero-order chi connectivity index (χ0) is 10.6. The lowest BCUT2D eigenvalue weighted by molar-refractivity contribution is 0.287. The summed E-state index contributed by atoms with van der Waals surface area (Å²) >= 11 is 5.63. The molecule has 0 bridgehead atoms. The van der Waals surface area contributed by atoms with Crippen LogP contribution in [0.5, 0.6) is 5.75 Å². The van der Waals surface area contributed by atoms with E-state index in [2.05, 4.69) is 0 Å². The number of hydrogen-bond donors (Lipinski definition) is 1. The molecule has 1 aromatic rings. The quantitative estimate of drug-likeness (QED) is 0.841. The number of hydrogen-bond acceptors (Lipinski definition) is 2. The summed E-state index contributed by atoms with van der Waals surface area (Å²) in [4.78, 5) is 0. The SMILES string of the molecule is COc1cc(F)c(Cl)cc1CCCO. The molecule has 1 aromatic carbocycles. The monoisotopic (exact) mass is 218 g/mol. The van der Waals surface area contributed by atoms with E-state index in [0.717, 1.165) is 5.56 Å². The molecule has 1 rings (SSSR count). The molecule has 0 aliphatic heterocycles. The number of aliphatic hydroxyl groups is 1. The zero-order valence-electron chi connectivity index (χ0n) is 7.89. The Balaban J connectivity index is 2.95. The maximum absolute atomic E-state index is 13.0. The van der Waals surface area contributed by atoms with Gasteiger partial charge in [-0.25, -0.2) is 4.39 Å². The van der Waals surface area contributed by atoms with E-state index in [-0.39, 0.29) is 11.6 Å². The summed E-state index contributed by atoms with van der Waals surface area (Å²) in [5.41, 5.74) is 0.813. The molecule has 0 spiro atoms. The largest absolute Gasteiger partial charge is 0.496 e. The van der Waals surface area contributed by atoms with Crippen LogP contribution in [0.25, 0.3) is 0 Å². The van der Waals surface area contributed by atoms with Crippen molar-refractivity contribution in [2.24, 2.45) is 0 Å². The average Bonchev–Trinajstić information content (AvgIpc) is 2.19. The molecule has 78 valence electrons. The van der Waals surface area contributed by atoms with Crippen LogP contribution in [0.15, 0.2) is 12.1 Å². The number of ether oxygens (including phenoxy) is 1. The van der Waals surface area contributed by atoms with Crippen molar-refractivity contribution in [3.05, 3.63) is 28.5 Å². The summed E-state index contributed by atoms with van der Waals surface area (Å²) in [7, 11) is 1.48. The number of aliphatic hydroxyl groups excluding tert-OH is 1. The van der Waals surface area contributed by atoms with Crippen LogP contribution in [-0.2, 0) is 6.42 Å². The number of benzene rings is 1. The highest BCUT2D eigenvalue weighted by atomic mass is 35.5. The van der Waals surface area contributed by atoms with Gasteiger partial charge in [0.2, 0.25) is 0 Å². The van der Waals surface area contributed by atoms with E-state index in [1.807, 2.05) is 0 Å². The lowest BCUT2D eigenvalue weighted by Gasteiger charge is -2.08. The Morgan fingerprint density at radius 3 is 2.79 bits per heavy atom. The van der Waals surface area contributed by atoms with Crippen molar-refractivity contribution in [1.82, 2.24) is 0 Å². The molecule has 0 unspecified atom stereocenters. The van der Waals surface area contributed by atoms with Crippen molar-refractivity contribution in [1.29, 1.82) is 0 Å². The van der Waals surface area contributed by atoms with E-state index in [0.29, 0.717) is 18.6 Å². The van der Waals surface area contributed by atoms with Crippen LogP contribution in [0.2, 0.25) is 5.02 Å². The molecule has 1 N–H and O–H groups in total. The first-order chi connectivity index (χ1) is 6.69. The van der Waals surface area contributed by atoms with Crippen LogP contribution < -0.4 is 4.74 Å². The van der Waals surface area contributed by atoms with E-state index in [9.17, 15) is 4.39 Å². The maximum atomic E-state index is 13.0. The van der Waals surface area contributed by atoms with E-state index < -0.39 is 5.82 Å². The third-order valence-electron chi connectivity index (χ3n) is 1.93. The van der Waals surface area contributed by atoms with Crippen LogP contribution in [0.3, 0.4) is 0 Å². The van der Waals surface area contributed by atoms with Gasteiger partial charge in [0.1, 0.15) is 11.6 Å². The molecule has 4 heteroatoms. The number of aryl methyl sites for hydroxylation is 1. The summed E-state index contributed by atoms with van der Waals surface area (Å²) in [5, 5.41) is 8.75. The van der Waals surface area contributed by atoms with Gasteiger partial charge in [0.15, 0.2) is 0 Å². The summed E-state index contributed by atoms with van der Waals surface area (Å²) in [6.45, 7) is 0.0954. The molecule has 2 nitrogen and oxygen atoms in total. The van der Waals surface area contributed by atoms with Crippen LogP contribution in [-0.4, -0.2) is 18.8 Å².